The smallest absolute Gasteiger partial charge is 0.239 e. The number of likely N-dealkylation sites (tertiary alicyclic amines) is 1. The number of hydrogen-bond acceptors (Lipinski definition) is 5. The molecule has 1 aromatic carbocycles. The summed E-state index contributed by atoms with van der Waals surface area (Å²) >= 11 is 1.78. The minimum Gasteiger partial charge on any atom is -0.508 e. The number of benzene rings is 1. The van der Waals surface area contributed by atoms with Gasteiger partial charge < -0.3 is 20.5 Å². The first-order valence-corrected chi connectivity index (χ1v) is 9.98. The highest BCUT2D eigenvalue weighted by Gasteiger charge is 2.43. The van der Waals surface area contributed by atoms with Crippen LogP contribution in [-0.2, 0) is 28.0 Å². The molecule has 2 aromatic rings. The lowest BCUT2D eigenvalue weighted by atomic mass is 9.85. The lowest BCUT2D eigenvalue weighted by Gasteiger charge is -2.44. The van der Waals surface area contributed by atoms with E-state index in [1.807, 2.05) is 17.0 Å². The average molecular weight is 372 g/mol. The number of carbonyl (C=O) groups is 1. The van der Waals surface area contributed by atoms with Crippen molar-refractivity contribution in [3.05, 3.63) is 51.7 Å². The van der Waals surface area contributed by atoms with Gasteiger partial charge in [-0.2, -0.15) is 0 Å². The number of ether oxygens (including phenoxy) is 1. The maximum absolute atomic E-state index is 12.7. The topological polar surface area (TPSA) is 75.8 Å². The fourth-order valence-electron chi connectivity index (χ4n) is 4.02. The summed E-state index contributed by atoms with van der Waals surface area (Å²) in [6, 6.07) is 8.50. The molecule has 0 saturated carbocycles. The van der Waals surface area contributed by atoms with Crippen LogP contribution in [0.15, 0.2) is 35.7 Å². The van der Waals surface area contributed by atoms with Crippen molar-refractivity contribution in [3.63, 3.8) is 0 Å². The Kier molecular flexibility index (Phi) is 4.73. The summed E-state index contributed by atoms with van der Waals surface area (Å²) in [6.07, 6.45) is 3.13. The molecule has 1 aromatic heterocycles. The van der Waals surface area contributed by atoms with E-state index in [0.29, 0.717) is 19.5 Å². The first kappa shape index (κ1) is 17.5. The Hall–Kier alpha value is -1.89. The van der Waals surface area contributed by atoms with Gasteiger partial charge in [-0.05, 0) is 60.4 Å². The molecule has 2 aliphatic rings. The number of hydrogen-bond donors (Lipinski definition) is 2. The molecule has 5 nitrogen and oxygen atoms in total. The van der Waals surface area contributed by atoms with E-state index >= 15 is 0 Å². The summed E-state index contributed by atoms with van der Waals surface area (Å²) < 4.78 is 6.20. The van der Waals surface area contributed by atoms with Crippen LogP contribution in [0.2, 0.25) is 0 Å². The summed E-state index contributed by atoms with van der Waals surface area (Å²) in [4.78, 5) is 16.0. The molecule has 4 rings (SSSR count). The number of amides is 1. The molecule has 1 amide bonds. The van der Waals surface area contributed by atoms with E-state index in [-0.39, 0.29) is 17.3 Å². The lowest BCUT2D eigenvalue weighted by molar-refractivity contribution is -0.141. The molecule has 0 unspecified atom stereocenters. The van der Waals surface area contributed by atoms with Crippen molar-refractivity contribution >= 4 is 17.2 Å². The van der Waals surface area contributed by atoms with E-state index in [1.165, 1.54) is 10.4 Å². The van der Waals surface area contributed by atoms with E-state index in [1.54, 1.807) is 23.5 Å². The van der Waals surface area contributed by atoms with Gasteiger partial charge in [-0.15, -0.1) is 11.3 Å². The summed E-state index contributed by atoms with van der Waals surface area (Å²) in [7, 11) is 0. The first-order chi connectivity index (χ1) is 12.6. The number of nitrogens with two attached hydrogens (primary N) is 1. The molecule has 1 fully saturated rings. The molecule has 1 saturated heterocycles. The second-order valence-electron chi connectivity index (χ2n) is 7.17. The zero-order chi connectivity index (χ0) is 18.1. The van der Waals surface area contributed by atoms with Gasteiger partial charge in [-0.3, -0.25) is 4.79 Å². The number of phenolic OH excluding ortho intramolecular Hbond substituents is 1. The summed E-state index contributed by atoms with van der Waals surface area (Å²) in [5, 5.41) is 11.5. The Labute approximate surface area is 157 Å². The molecule has 0 bridgehead atoms. The molecule has 1 spiro atoms. The van der Waals surface area contributed by atoms with Crippen molar-refractivity contribution in [2.24, 2.45) is 5.73 Å². The monoisotopic (exact) mass is 372 g/mol. The SMILES string of the molecule is N[C@@H](Cc1ccc(O)cc1)C(=O)N1CCC2(CC1)OCCc1ccsc12. The third-order valence-corrected chi connectivity index (χ3v) is 6.64. The molecule has 0 aliphatic carbocycles. The molecular weight excluding hydrogens is 348 g/mol. The first-order valence-electron chi connectivity index (χ1n) is 9.10. The highest BCUT2D eigenvalue weighted by Crippen LogP contribution is 2.44. The summed E-state index contributed by atoms with van der Waals surface area (Å²) in [6.45, 7) is 2.12. The number of aromatic hydroxyl groups is 1. The number of nitrogens with zero attached hydrogens (tertiary/aromatic N) is 1. The highest BCUT2D eigenvalue weighted by atomic mass is 32.1. The third kappa shape index (κ3) is 3.24. The van der Waals surface area contributed by atoms with Gasteiger partial charge >= 0.3 is 0 Å². The van der Waals surface area contributed by atoms with E-state index in [4.69, 9.17) is 10.5 Å². The van der Waals surface area contributed by atoms with Gasteiger partial charge in [0.25, 0.3) is 0 Å². The normalized spacial score (nSPS) is 20.0. The Morgan fingerprint density at radius 3 is 2.73 bits per heavy atom. The van der Waals surface area contributed by atoms with Crippen LogP contribution < -0.4 is 5.73 Å². The Morgan fingerprint density at radius 1 is 1.27 bits per heavy atom. The van der Waals surface area contributed by atoms with E-state index in [9.17, 15) is 9.90 Å². The molecule has 2 aliphatic heterocycles. The fraction of sp³-hybridized carbons (Fsp3) is 0.450. The van der Waals surface area contributed by atoms with Crippen LogP contribution in [0.5, 0.6) is 5.75 Å². The van der Waals surface area contributed by atoms with Gasteiger partial charge in [0.05, 0.1) is 12.6 Å². The molecular formula is C20H24N2O3S. The van der Waals surface area contributed by atoms with Crippen LogP contribution in [-0.4, -0.2) is 41.7 Å². The van der Waals surface area contributed by atoms with Gasteiger partial charge in [0, 0.05) is 18.0 Å². The van der Waals surface area contributed by atoms with Crippen LogP contribution in [0.25, 0.3) is 0 Å². The van der Waals surface area contributed by atoms with Crippen molar-refractivity contribution in [1.82, 2.24) is 4.90 Å². The maximum atomic E-state index is 12.7. The molecule has 6 heteroatoms. The van der Waals surface area contributed by atoms with E-state index < -0.39 is 6.04 Å². The molecule has 0 radical (unpaired) electrons. The van der Waals surface area contributed by atoms with Crippen molar-refractivity contribution in [3.8, 4) is 5.75 Å². The average Bonchev–Trinajstić information content (AvgIpc) is 3.14. The number of carbonyl (C=O) groups excluding carboxylic acids is 1. The van der Waals surface area contributed by atoms with Gasteiger partial charge in [0.15, 0.2) is 0 Å². The van der Waals surface area contributed by atoms with Gasteiger partial charge in [0.2, 0.25) is 5.91 Å². The standard InChI is InChI=1S/C20H24N2O3S/c21-17(13-14-1-3-16(23)4-2-14)19(24)22-9-7-20(8-10-22)18-15(5-11-25-20)6-12-26-18/h1-4,6,12,17,23H,5,7-11,13,21H2/t17-/m0/s1. The number of rotatable bonds is 3. The largest absolute Gasteiger partial charge is 0.508 e. The number of thiophene rings is 1. The van der Waals surface area contributed by atoms with Gasteiger partial charge in [0.1, 0.15) is 11.4 Å². The predicted octanol–water partition coefficient (Wildman–Crippen LogP) is 2.41. The predicted molar refractivity (Wildman–Crippen MR) is 101 cm³/mol. The van der Waals surface area contributed by atoms with Crippen molar-refractivity contribution < 1.29 is 14.6 Å². The minimum atomic E-state index is -0.557. The van der Waals surface area contributed by atoms with Crippen LogP contribution in [0.1, 0.15) is 28.8 Å². The molecule has 26 heavy (non-hydrogen) atoms. The number of phenols is 1. The highest BCUT2D eigenvalue weighted by molar-refractivity contribution is 7.10. The fourth-order valence-corrected chi connectivity index (χ4v) is 5.19. The summed E-state index contributed by atoms with van der Waals surface area (Å²) in [5.41, 5.74) is 8.32. The van der Waals surface area contributed by atoms with Crippen molar-refractivity contribution in [1.29, 1.82) is 0 Å². The van der Waals surface area contributed by atoms with Crippen molar-refractivity contribution in [2.45, 2.75) is 37.3 Å². The zero-order valence-electron chi connectivity index (χ0n) is 14.7. The Bertz CT molecular complexity index is 779. The zero-order valence-corrected chi connectivity index (χ0v) is 15.5. The molecule has 3 heterocycles. The van der Waals surface area contributed by atoms with Crippen LogP contribution in [0.4, 0.5) is 0 Å². The van der Waals surface area contributed by atoms with Crippen LogP contribution >= 0.6 is 11.3 Å². The Balaban J connectivity index is 1.39. The second kappa shape index (κ2) is 7.02. The van der Waals surface area contributed by atoms with Gasteiger partial charge in [-0.1, -0.05) is 12.1 Å². The van der Waals surface area contributed by atoms with Crippen LogP contribution in [0, 0.1) is 0 Å². The lowest BCUT2D eigenvalue weighted by Crippen LogP contribution is -2.52. The second-order valence-corrected chi connectivity index (χ2v) is 8.09. The molecule has 138 valence electrons. The number of piperidine rings is 1. The van der Waals surface area contributed by atoms with Crippen LogP contribution in [0.3, 0.4) is 0 Å². The quantitative estimate of drug-likeness (QED) is 0.868. The van der Waals surface area contributed by atoms with E-state index in [0.717, 1.165) is 31.4 Å². The third-order valence-electron chi connectivity index (χ3n) is 5.50. The number of fused-ring (bicyclic) bond motifs is 2. The van der Waals surface area contributed by atoms with Gasteiger partial charge in [-0.25, -0.2) is 0 Å². The Morgan fingerprint density at radius 2 is 2.00 bits per heavy atom. The summed E-state index contributed by atoms with van der Waals surface area (Å²) in [5.74, 6) is 0.213. The molecule has 3 N–H and O–H groups in total. The van der Waals surface area contributed by atoms with E-state index in [2.05, 4.69) is 11.4 Å². The maximum Gasteiger partial charge on any atom is 0.239 e. The molecule has 1 atom stereocenters. The minimum absolute atomic E-state index is 0.00450. The van der Waals surface area contributed by atoms with Crippen molar-refractivity contribution in [2.75, 3.05) is 19.7 Å².